The number of carboxylic acid groups (broad SMARTS) is 1. The molecule has 162 valence electrons. The van der Waals surface area contributed by atoms with Crippen LogP contribution in [-0.2, 0) is 16.0 Å². The van der Waals surface area contributed by atoms with Crippen LogP contribution in [0, 0.1) is 12.8 Å². The van der Waals surface area contributed by atoms with Gasteiger partial charge in [0.1, 0.15) is 5.75 Å². The Morgan fingerprint density at radius 3 is 2.45 bits per heavy atom. The summed E-state index contributed by atoms with van der Waals surface area (Å²) in [6.07, 6.45) is -0.0869. The number of carboxylic acids is 1. The van der Waals surface area contributed by atoms with Crippen molar-refractivity contribution in [2.75, 3.05) is 6.54 Å². The maximum atomic E-state index is 13.3. The summed E-state index contributed by atoms with van der Waals surface area (Å²) >= 11 is 9.44. The molecule has 0 saturated carbocycles. The van der Waals surface area contributed by atoms with Crippen molar-refractivity contribution in [3.63, 3.8) is 0 Å². The van der Waals surface area contributed by atoms with E-state index in [1.807, 2.05) is 0 Å². The molecule has 3 rings (SSSR count). The lowest BCUT2D eigenvalue weighted by Crippen LogP contribution is -2.32. The van der Waals surface area contributed by atoms with Gasteiger partial charge in [-0.25, -0.2) is 0 Å². The van der Waals surface area contributed by atoms with E-state index in [2.05, 4.69) is 21.2 Å². The molecule has 1 aromatic heterocycles. The number of phenols is 1. The molecule has 7 nitrogen and oxygen atoms in total. The number of aromatic hydroxyl groups is 1. The van der Waals surface area contributed by atoms with E-state index in [9.17, 15) is 19.5 Å². The van der Waals surface area contributed by atoms with Crippen LogP contribution in [0.3, 0.4) is 0 Å². The van der Waals surface area contributed by atoms with Gasteiger partial charge in [0.15, 0.2) is 0 Å². The number of rotatable bonds is 6. The monoisotopic (exact) mass is 506 g/mol. The first-order chi connectivity index (χ1) is 14.6. The van der Waals surface area contributed by atoms with Gasteiger partial charge in [0.05, 0.1) is 22.9 Å². The Hall–Kier alpha value is -2.84. The minimum absolute atomic E-state index is 0.0131. The summed E-state index contributed by atoms with van der Waals surface area (Å²) in [6, 6.07) is 9.79. The molecule has 0 spiro atoms. The number of nitrogens with zero attached hydrogens (tertiary/aromatic N) is 1. The van der Waals surface area contributed by atoms with E-state index in [0.717, 1.165) is 4.47 Å². The largest absolute Gasteiger partial charge is 0.506 e. The lowest BCUT2D eigenvalue weighted by atomic mass is 10.1. The summed E-state index contributed by atoms with van der Waals surface area (Å²) in [4.78, 5) is 36.7. The first-order valence-electron chi connectivity index (χ1n) is 9.42. The number of fused-ring (bicyclic) bond motifs is 1. The Bertz CT molecular complexity index is 1190. The third-order valence-electron chi connectivity index (χ3n) is 5.06. The summed E-state index contributed by atoms with van der Waals surface area (Å²) in [6.45, 7) is 3.20. The molecular weight excluding hydrogens is 488 g/mol. The van der Waals surface area contributed by atoms with E-state index in [4.69, 9.17) is 16.7 Å². The van der Waals surface area contributed by atoms with E-state index in [0.29, 0.717) is 27.7 Å². The zero-order valence-corrected chi connectivity index (χ0v) is 19.1. The number of nitrogens with one attached hydrogen (secondary N) is 1. The van der Waals surface area contributed by atoms with E-state index in [-0.39, 0.29) is 35.6 Å². The van der Waals surface area contributed by atoms with Gasteiger partial charge < -0.3 is 15.5 Å². The van der Waals surface area contributed by atoms with Gasteiger partial charge in [-0.2, -0.15) is 0 Å². The van der Waals surface area contributed by atoms with Crippen molar-refractivity contribution >= 4 is 56.2 Å². The van der Waals surface area contributed by atoms with Crippen LogP contribution >= 0.6 is 27.5 Å². The Morgan fingerprint density at radius 2 is 1.84 bits per heavy atom. The van der Waals surface area contributed by atoms with Crippen LogP contribution in [0.4, 0.5) is 0 Å². The van der Waals surface area contributed by atoms with Gasteiger partial charge in [-0.05, 0) is 48.9 Å². The summed E-state index contributed by atoms with van der Waals surface area (Å²) < 4.78 is 2.30. The molecule has 2 aromatic carbocycles. The molecule has 3 aromatic rings. The standard InChI is InChI=1S/C22H20BrClN2O5/c1-11(22(30)31)10-25-20(28)8-15-12(2)26(18-9-17(24)19(27)7-16(15)18)21(29)13-3-5-14(23)6-4-13/h3-7,9,11,27H,8,10H2,1-2H3,(H,25,28)(H,30,31). The molecule has 0 bridgehead atoms. The van der Waals surface area contributed by atoms with Crippen LogP contribution < -0.4 is 5.32 Å². The maximum Gasteiger partial charge on any atom is 0.308 e. The zero-order chi connectivity index (χ0) is 22.9. The predicted octanol–water partition coefficient (Wildman–Crippen LogP) is 4.14. The fourth-order valence-electron chi connectivity index (χ4n) is 3.27. The van der Waals surface area contributed by atoms with Gasteiger partial charge in [-0.3, -0.25) is 19.0 Å². The zero-order valence-electron chi connectivity index (χ0n) is 16.8. The van der Waals surface area contributed by atoms with Gasteiger partial charge in [0.25, 0.3) is 5.91 Å². The van der Waals surface area contributed by atoms with Crippen LogP contribution in [0.2, 0.25) is 5.02 Å². The van der Waals surface area contributed by atoms with Crippen LogP contribution in [-0.4, -0.2) is 39.1 Å². The number of amides is 1. The number of hydrogen-bond acceptors (Lipinski definition) is 4. The summed E-state index contributed by atoms with van der Waals surface area (Å²) in [7, 11) is 0. The average molecular weight is 508 g/mol. The topological polar surface area (TPSA) is 109 Å². The molecule has 1 unspecified atom stereocenters. The molecule has 0 aliphatic carbocycles. The number of hydrogen-bond donors (Lipinski definition) is 3. The maximum absolute atomic E-state index is 13.3. The van der Waals surface area contributed by atoms with Crippen molar-refractivity contribution in [3.8, 4) is 5.75 Å². The van der Waals surface area contributed by atoms with E-state index < -0.39 is 11.9 Å². The highest BCUT2D eigenvalue weighted by molar-refractivity contribution is 9.10. The molecule has 9 heteroatoms. The summed E-state index contributed by atoms with van der Waals surface area (Å²) in [5.74, 6) is -2.59. The van der Waals surface area contributed by atoms with Gasteiger partial charge in [0, 0.05) is 27.7 Å². The molecule has 1 heterocycles. The van der Waals surface area contributed by atoms with Gasteiger partial charge in [-0.1, -0.05) is 34.5 Å². The fraction of sp³-hybridized carbons (Fsp3) is 0.227. The predicted molar refractivity (Wildman–Crippen MR) is 121 cm³/mol. The Labute approximate surface area is 191 Å². The second-order valence-electron chi connectivity index (χ2n) is 7.25. The van der Waals surface area contributed by atoms with Crippen molar-refractivity contribution in [1.29, 1.82) is 0 Å². The van der Waals surface area contributed by atoms with E-state index >= 15 is 0 Å². The van der Waals surface area contributed by atoms with Crippen molar-refractivity contribution in [3.05, 3.63) is 62.7 Å². The minimum atomic E-state index is -1.01. The highest BCUT2D eigenvalue weighted by Crippen LogP contribution is 2.35. The molecule has 3 N–H and O–H groups in total. The number of aliphatic carboxylic acids is 1. The molecular formula is C22H20BrClN2O5. The highest BCUT2D eigenvalue weighted by Gasteiger charge is 2.23. The Morgan fingerprint density at radius 1 is 1.19 bits per heavy atom. The number of halogens is 2. The van der Waals surface area contributed by atoms with E-state index in [1.165, 1.54) is 23.6 Å². The van der Waals surface area contributed by atoms with Crippen LogP contribution in [0.1, 0.15) is 28.5 Å². The number of benzene rings is 2. The smallest absolute Gasteiger partial charge is 0.308 e. The van der Waals surface area contributed by atoms with Gasteiger partial charge in [-0.15, -0.1) is 0 Å². The second-order valence-corrected chi connectivity index (χ2v) is 8.58. The minimum Gasteiger partial charge on any atom is -0.506 e. The number of carbonyl (C=O) groups excluding carboxylic acids is 2. The van der Waals surface area contributed by atoms with E-state index in [1.54, 1.807) is 31.2 Å². The van der Waals surface area contributed by atoms with Crippen LogP contribution in [0.5, 0.6) is 5.75 Å². The highest BCUT2D eigenvalue weighted by atomic mass is 79.9. The molecule has 0 aliphatic heterocycles. The third kappa shape index (κ3) is 4.75. The SMILES string of the molecule is Cc1c(CC(=O)NCC(C)C(=O)O)c2cc(O)c(Cl)cc2n1C(=O)c1ccc(Br)cc1. The Kier molecular flexibility index (Phi) is 6.71. The summed E-state index contributed by atoms with van der Waals surface area (Å²) in [5.41, 5.74) is 1.99. The fourth-order valence-corrected chi connectivity index (χ4v) is 3.69. The average Bonchev–Trinajstić information content (AvgIpc) is 2.97. The molecule has 0 aliphatic rings. The van der Waals surface area contributed by atoms with Crippen LogP contribution in [0.15, 0.2) is 40.9 Å². The quantitative estimate of drug-likeness (QED) is 0.465. The van der Waals surface area contributed by atoms with Crippen molar-refractivity contribution in [1.82, 2.24) is 9.88 Å². The summed E-state index contributed by atoms with van der Waals surface area (Å²) in [5, 5.41) is 22.3. The third-order valence-corrected chi connectivity index (χ3v) is 5.89. The number of phenolic OH excluding ortho intramolecular Hbond substituents is 1. The molecule has 31 heavy (non-hydrogen) atoms. The first-order valence-corrected chi connectivity index (χ1v) is 10.6. The molecule has 0 radical (unpaired) electrons. The molecule has 0 saturated heterocycles. The normalized spacial score (nSPS) is 12.0. The first kappa shape index (κ1) is 22.8. The Balaban J connectivity index is 2.04. The lowest BCUT2D eigenvalue weighted by Gasteiger charge is -2.09. The van der Waals surface area contributed by atoms with Crippen LogP contribution in [0.25, 0.3) is 10.9 Å². The molecule has 1 atom stereocenters. The lowest BCUT2D eigenvalue weighted by molar-refractivity contribution is -0.141. The second kappa shape index (κ2) is 9.11. The van der Waals surface area contributed by atoms with Gasteiger partial charge in [0.2, 0.25) is 5.91 Å². The van der Waals surface area contributed by atoms with Crippen molar-refractivity contribution in [2.45, 2.75) is 20.3 Å². The molecule has 1 amide bonds. The van der Waals surface area contributed by atoms with Crippen molar-refractivity contribution in [2.24, 2.45) is 5.92 Å². The number of carbonyl (C=O) groups is 3. The molecule has 0 fully saturated rings. The van der Waals surface area contributed by atoms with Crippen molar-refractivity contribution < 1.29 is 24.6 Å². The van der Waals surface area contributed by atoms with Gasteiger partial charge >= 0.3 is 5.97 Å². The number of aromatic nitrogens is 1.